The largest absolute Gasteiger partial charge is 0.338 e. The molecule has 146 valence electrons. The zero-order chi connectivity index (χ0) is 19.7. The minimum absolute atomic E-state index is 0.0577. The highest BCUT2D eigenvalue weighted by atomic mass is 32.2. The van der Waals surface area contributed by atoms with E-state index < -0.39 is 9.84 Å². The Bertz CT molecular complexity index is 1070. The van der Waals surface area contributed by atoms with Gasteiger partial charge in [-0.05, 0) is 42.8 Å². The summed E-state index contributed by atoms with van der Waals surface area (Å²) in [4.78, 5) is 19.8. The Kier molecular flexibility index (Phi) is 5.16. The Hall–Kier alpha value is -2.32. The Balaban J connectivity index is 1.38. The van der Waals surface area contributed by atoms with Gasteiger partial charge in [0.05, 0.1) is 17.2 Å². The first-order valence-corrected chi connectivity index (χ1v) is 11.8. The van der Waals surface area contributed by atoms with E-state index in [1.807, 2.05) is 47.1 Å². The predicted octanol–water partition coefficient (Wildman–Crippen LogP) is 2.89. The SMILES string of the molecule is CN(C(=O)c1ccc(SCc2cn3ccccc3n2)cc1)[C@H]1CCS(=O)(=O)C1. The number of aromatic nitrogens is 2. The molecule has 0 aliphatic carbocycles. The molecular weight excluding hydrogens is 394 g/mol. The van der Waals surface area contributed by atoms with Gasteiger partial charge in [0.25, 0.3) is 5.91 Å². The van der Waals surface area contributed by atoms with Crippen molar-refractivity contribution in [1.82, 2.24) is 14.3 Å². The van der Waals surface area contributed by atoms with Gasteiger partial charge >= 0.3 is 0 Å². The number of amides is 1. The number of rotatable bonds is 5. The van der Waals surface area contributed by atoms with Gasteiger partial charge in [-0.3, -0.25) is 4.79 Å². The molecule has 1 atom stereocenters. The van der Waals surface area contributed by atoms with Crippen molar-refractivity contribution in [2.45, 2.75) is 23.1 Å². The van der Waals surface area contributed by atoms with Gasteiger partial charge in [-0.2, -0.15) is 0 Å². The second-order valence-electron chi connectivity index (χ2n) is 6.98. The zero-order valence-corrected chi connectivity index (χ0v) is 17.1. The molecule has 1 aliphatic rings. The van der Waals surface area contributed by atoms with Crippen molar-refractivity contribution in [2.24, 2.45) is 0 Å². The van der Waals surface area contributed by atoms with Crippen molar-refractivity contribution in [3.8, 4) is 0 Å². The number of benzene rings is 1. The van der Waals surface area contributed by atoms with Crippen molar-refractivity contribution >= 4 is 33.2 Å². The molecule has 0 N–H and O–H groups in total. The summed E-state index contributed by atoms with van der Waals surface area (Å²) in [7, 11) is -1.33. The summed E-state index contributed by atoms with van der Waals surface area (Å²) in [5.41, 5.74) is 2.50. The average Bonchev–Trinajstić information content (AvgIpc) is 3.28. The van der Waals surface area contributed by atoms with Crippen LogP contribution in [0.5, 0.6) is 0 Å². The lowest BCUT2D eigenvalue weighted by molar-refractivity contribution is 0.0747. The molecule has 28 heavy (non-hydrogen) atoms. The summed E-state index contributed by atoms with van der Waals surface area (Å²) in [6.45, 7) is 0. The van der Waals surface area contributed by atoms with Crippen LogP contribution in [0.1, 0.15) is 22.5 Å². The molecule has 2 aromatic heterocycles. The lowest BCUT2D eigenvalue weighted by Gasteiger charge is -2.23. The van der Waals surface area contributed by atoms with Crippen molar-refractivity contribution in [3.63, 3.8) is 0 Å². The predicted molar refractivity (Wildman–Crippen MR) is 110 cm³/mol. The fourth-order valence-electron chi connectivity index (χ4n) is 3.36. The average molecular weight is 416 g/mol. The molecule has 0 saturated carbocycles. The molecular formula is C20H21N3O3S2. The smallest absolute Gasteiger partial charge is 0.253 e. The van der Waals surface area contributed by atoms with Crippen LogP contribution in [0.4, 0.5) is 0 Å². The van der Waals surface area contributed by atoms with E-state index in [9.17, 15) is 13.2 Å². The molecule has 0 unspecified atom stereocenters. The van der Waals surface area contributed by atoms with Crippen LogP contribution >= 0.6 is 11.8 Å². The monoisotopic (exact) mass is 415 g/mol. The first-order chi connectivity index (χ1) is 13.4. The molecule has 1 aliphatic heterocycles. The highest BCUT2D eigenvalue weighted by Crippen LogP contribution is 2.24. The Morgan fingerprint density at radius 1 is 1.25 bits per heavy atom. The van der Waals surface area contributed by atoms with Gasteiger partial charge in [0.2, 0.25) is 0 Å². The number of pyridine rings is 1. The maximum atomic E-state index is 12.6. The van der Waals surface area contributed by atoms with Gasteiger partial charge in [0.1, 0.15) is 5.65 Å². The maximum Gasteiger partial charge on any atom is 0.253 e. The van der Waals surface area contributed by atoms with Gasteiger partial charge in [-0.1, -0.05) is 6.07 Å². The lowest BCUT2D eigenvalue weighted by atomic mass is 10.1. The third kappa shape index (κ3) is 4.07. The molecule has 1 saturated heterocycles. The van der Waals surface area contributed by atoms with Crippen LogP contribution in [0.15, 0.2) is 59.8 Å². The van der Waals surface area contributed by atoms with Gasteiger partial charge in [-0.25, -0.2) is 13.4 Å². The summed E-state index contributed by atoms with van der Waals surface area (Å²) < 4.78 is 25.3. The van der Waals surface area contributed by atoms with Crippen LogP contribution < -0.4 is 0 Å². The second-order valence-corrected chi connectivity index (χ2v) is 10.3. The van der Waals surface area contributed by atoms with Crippen LogP contribution in [0.25, 0.3) is 5.65 Å². The third-order valence-corrected chi connectivity index (χ3v) is 7.77. The number of carbonyl (C=O) groups excluding carboxylic acids is 1. The number of imidazole rings is 1. The quantitative estimate of drug-likeness (QED) is 0.599. The molecule has 1 fully saturated rings. The van der Waals surface area contributed by atoms with Gasteiger partial charge in [0.15, 0.2) is 9.84 Å². The number of fused-ring (bicyclic) bond motifs is 1. The summed E-state index contributed by atoms with van der Waals surface area (Å²) in [6, 6.07) is 13.1. The molecule has 0 radical (unpaired) electrons. The summed E-state index contributed by atoms with van der Waals surface area (Å²) >= 11 is 1.66. The molecule has 4 rings (SSSR count). The Morgan fingerprint density at radius 2 is 2.04 bits per heavy atom. The van der Waals surface area contributed by atoms with Crippen molar-refractivity contribution in [2.75, 3.05) is 18.6 Å². The third-order valence-electron chi connectivity index (χ3n) is 4.98. The van der Waals surface area contributed by atoms with Crippen LogP contribution in [-0.2, 0) is 15.6 Å². The zero-order valence-electron chi connectivity index (χ0n) is 15.5. The van der Waals surface area contributed by atoms with Crippen LogP contribution in [-0.4, -0.2) is 53.2 Å². The number of hydrogen-bond donors (Lipinski definition) is 0. The minimum atomic E-state index is -3.01. The standard InChI is InChI=1S/C20H21N3O3S2/c1-22(17-9-11-28(25,26)14-17)20(24)15-5-7-18(8-6-15)27-13-16-12-23-10-3-2-4-19(23)21-16/h2-8,10,12,17H,9,11,13-14H2,1H3/t17-/m0/s1. The first kappa shape index (κ1) is 19.0. The van der Waals surface area contributed by atoms with Crippen LogP contribution in [0, 0.1) is 0 Å². The van der Waals surface area contributed by atoms with E-state index in [0.29, 0.717) is 12.0 Å². The molecule has 8 heteroatoms. The van der Waals surface area contributed by atoms with Gasteiger partial charge in [0, 0.05) is 41.7 Å². The summed E-state index contributed by atoms with van der Waals surface area (Å²) in [6.07, 6.45) is 4.51. The van der Waals surface area contributed by atoms with E-state index in [1.165, 1.54) is 0 Å². The highest BCUT2D eigenvalue weighted by Gasteiger charge is 2.32. The topological polar surface area (TPSA) is 71.8 Å². The highest BCUT2D eigenvalue weighted by molar-refractivity contribution is 7.98. The number of hydrogen-bond acceptors (Lipinski definition) is 5. The van der Waals surface area contributed by atoms with Gasteiger partial charge in [-0.15, -0.1) is 11.8 Å². The second kappa shape index (κ2) is 7.60. The fourth-order valence-corrected chi connectivity index (χ4v) is 5.91. The van der Waals surface area contributed by atoms with E-state index in [1.54, 1.807) is 35.8 Å². The van der Waals surface area contributed by atoms with Crippen LogP contribution in [0.2, 0.25) is 0 Å². The van der Waals surface area contributed by atoms with E-state index >= 15 is 0 Å². The number of thioether (sulfide) groups is 1. The lowest BCUT2D eigenvalue weighted by Crippen LogP contribution is -2.37. The fraction of sp³-hybridized carbons (Fsp3) is 0.300. The molecule has 1 amide bonds. The van der Waals surface area contributed by atoms with Gasteiger partial charge < -0.3 is 9.30 Å². The summed E-state index contributed by atoms with van der Waals surface area (Å²) in [5, 5.41) is 0. The van der Waals surface area contributed by atoms with Crippen molar-refractivity contribution in [1.29, 1.82) is 0 Å². The van der Waals surface area contributed by atoms with E-state index in [2.05, 4.69) is 4.98 Å². The summed E-state index contributed by atoms with van der Waals surface area (Å²) in [5.74, 6) is 0.823. The molecule has 0 bridgehead atoms. The van der Waals surface area contributed by atoms with E-state index in [-0.39, 0.29) is 23.5 Å². The van der Waals surface area contributed by atoms with E-state index in [4.69, 9.17) is 0 Å². The minimum Gasteiger partial charge on any atom is -0.338 e. The molecule has 3 aromatic rings. The Morgan fingerprint density at radius 3 is 2.71 bits per heavy atom. The van der Waals surface area contributed by atoms with Crippen LogP contribution in [0.3, 0.4) is 0 Å². The number of nitrogens with zero attached hydrogens (tertiary/aromatic N) is 3. The Labute approximate surface area is 168 Å². The first-order valence-electron chi connectivity index (χ1n) is 9.04. The number of sulfone groups is 1. The van der Waals surface area contributed by atoms with Crippen molar-refractivity contribution < 1.29 is 13.2 Å². The van der Waals surface area contributed by atoms with Crippen molar-refractivity contribution in [3.05, 3.63) is 66.1 Å². The van der Waals surface area contributed by atoms with E-state index in [0.717, 1.165) is 22.0 Å². The normalized spacial score (nSPS) is 18.4. The molecule has 3 heterocycles. The maximum absolute atomic E-state index is 12.6. The molecule has 1 aromatic carbocycles. The number of carbonyl (C=O) groups is 1. The molecule has 6 nitrogen and oxygen atoms in total. The molecule has 0 spiro atoms.